The van der Waals surface area contributed by atoms with E-state index in [1.807, 2.05) is 11.3 Å². The van der Waals surface area contributed by atoms with E-state index in [-0.39, 0.29) is 0 Å². The van der Waals surface area contributed by atoms with Crippen molar-refractivity contribution < 1.29 is 0 Å². The Morgan fingerprint density at radius 3 is 1.45 bits per heavy atom. The Bertz CT molecular complexity index is 2800. The topological polar surface area (TPSA) is 0 Å². The summed E-state index contributed by atoms with van der Waals surface area (Å²) in [5.74, 6) is 0. The molecule has 0 aliphatic heterocycles. The molecule has 0 atom stereocenters. The first-order chi connectivity index (χ1) is 25.3. The van der Waals surface area contributed by atoms with Crippen LogP contribution in [-0.2, 0) is 11.8 Å². The molecule has 8 aromatic carbocycles. The summed E-state index contributed by atoms with van der Waals surface area (Å²) in [5, 5.41) is 2.65. The van der Waals surface area contributed by atoms with Gasteiger partial charge < -0.3 is 0 Å². The van der Waals surface area contributed by atoms with Gasteiger partial charge in [0.15, 0.2) is 0 Å². The lowest BCUT2D eigenvalue weighted by molar-refractivity contribution is 0.633. The number of rotatable bonds is 1. The standard InChI is InChI=1S/C50H32S/c1-2-16-33-32(15-1)31-50(45-28-10-7-21-38(45)39-22-8-11-29-46(39)50)48-41(37-20-6-5-19-36(37)35-18-4-3-17-34(33)35)24-13-25-42(48)44-27-14-26-43-40-23-9-12-30-47(40)51-49(43)44/h1-30H,31H2. The van der Waals surface area contributed by atoms with Crippen molar-refractivity contribution in [2.24, 2.45) is 0 Å². The van der Waals surface area contributed by atoms with E-state index < -0.39 is 5.41 Å². The normalized spacial score (nSPS) is 13.6. The summed E-state index contributed by atoms with van der Waals surface area (Å²) in [7, 11) is 0. The molecule has 11 rings (SSSR count). The maximum atomic E-state index is 2.41. The van der Waals surface area contributed by atoms with Crippen LogP contribution >= 0.6 is 11.3 Å². The van der Waals surface area contributed by atoms with Gasteiger partial charge in [-0.2, -0.15) is 0 Å². The van der Waals surface area contributed by atoms with Crippen LogP contribution in [0.3, 0.4) is 0 Å². The van der Waals surface area contributed by atoms with Gasteiger partial charge in [-0.05, 0) is 90.4 Å². The fourth-order valence-corrected chi connectivity index (χ4v) is 10.7. The van der Waals surface area contributed by atoms with Gasteiger partial charge in [-0.3, -0.25) is 0 Å². The zero-order valence-electron chi connectivity index (χ0n) is 27.9. The molecule has 0 bridgehead atoms. The third-order valence-corrected chi connectivity index (χ3v) is 12.7. The van der Waals surface area contributed by atoms with Crippen molar-refractivity contribution in [3.05, 3.63) is 204 Å². The van der Waals surface area contributed by atoms with Crippen LogP contribution in [0.1, 0.15) is 22.3 Å². The van der Waals surface area contributed by atoms with Gasteiger partial charge in [-0.1, -0.05) is 176 Å². The minimum Gasteiger partial charge on any atom is -0.135 e. The lowest BCUT2D eigenvalue weighted by Gasteiger charge is -2.38. The summed E-state index contributed by atoms with van der Waals surface area (Å²) in [5.41, 5.74) is 18.0. The molecule has 0 fully saturated rings. The molecular weight excluding hydrogens is 633 g/mol. The zero-order chi connectivity index (χ0) is 33.5. The average Bonchev–Trinajstić information content (AvgIpc) is 3.72. The van der Waals surface area contributed by atoms with Crippen LogP contribution in [0.5, 0.6) is 0 Å². The van der Waals surface area contributed by atoms with Gasteiger partial charge in [0.25, 0.3) is 0 Å². The minimum atomic E-state index is -0.465. The Balaban J connectivity index is 1.37. The van der Waals surface area contributed by atoms with Gasteiger partial charge in [0.05, 0.1) is 5.41 Å². The number of hydrogen-bond acceptors (Lipinski definition) is 1. The highest BCUT2D eigenvalue weighted by atomic mass is 32.1. The molecule has 1 heterocycles. The SMILES string of the molecule is c1ccc2c(c1)CC1(c3ccccc3-c3ccccc31)c1c(cccc1-c1cccc3c1sc1ccccc13)-c1ccccc1-c1ccccc1-2. The summed E-state index contributed by atoms with van der Waals surface area (Å²) < 4.78 is 2.67. The fraction of sp³-hybridized carbons (Fsp3) is 0.0400. The third kappa shape index (κ3) is 4.01. The summed E-state index contributed by atoms with van der Waals surface area (Å²) >= 11 is 1.92. The van der Waals surface area contributed by atoms with Crippen molar-refractivity contribution in [3.63, 3.8) is 0 Å². The second kappa shape index (κ2) is 11.0. The molecule has 1 spiro atoms. The van der Waals surface area contributed by atoms with E-state index in [9.17, 15) is 0 Å². The third-order valence-electron chi connectivity index (χ3n) is 11.4. The number of thiophene rings is 1. The summed E-state index contributed by atoms with van der Waals surface area (Å²) in [6.07, 6.45) is 0.833. The van der Waals surface area contributed by atoms with Gasteiger partial charge >= 0.3 is 0 Å². The maximum Gasteiger partial charge on any atom is 0.0516 e. The van der Waals surface area contributed by atoms with Crippen molar-refractivity contribution in [3.8, 4) is 55.6 Å². The molecule has 238 valence electrons. The molecule has 0 unspecified atom stereocenters. The largest absolute Gasteiger partial charge is 0.135 e. The average molecular weight is 665 g/mol. The predicted octanol–water partition coefficient (Wildman–Crippen LogP) is 13.6. The second-order valence-electron chi connectivity index (χ2n) is 13.9. The summed E-state index contributed by atoms with van der Waals surface area (Å²) in [4.78, 5) is 0. The molecule has 1 aromatic heterocycles. The van der Waals surface area contributed by atoms with Gasteiger partial charge in [0.2, 0.25) is 0 Å². The van der Waals surface area contributed by atoms with Gasteiger partial charge in [0, 0.05) is 20.2 Å². The Morgan fingerprint density at radius 2 is 0.765 bits per heavy atom. The van der Waals surface area contributed by atoms with Gasteiger partial charge in [-0.25, -0.2) is 0 Å². The van der Waals surface area contributed by atoms with Crippen molar-refractivity contribution in [2.75, 3.05) is 0 Å². The quantitative estimate of drug-likeness (QED) is 0.164. The first kappa shape index (κ1) is 28.8. The van der Waals surface area contributed by atoms with Crippen molar-refractivity contribution in [1.82, 2.24) is 0 Å². The number of benzene rings is 8. The molecule has 0 radical (unpaired) electrons. The van der Waals surface area contributed by atoms with Crippen molar-refractivity contribution in [2.45, 2.75) is 11.8 Å². The molecule has 2 aliphatic carbocycles. The van der Waals surface area contributed by atoms with E-state index in [1.54, 1.807) is 0 Å². The molecule has 0 nitrogen and oxygen atoms in total. The molecule has 9 aromatic rings. The second-order valence-corrected chi connectivity index (χ2v) is 15.0. The van der Waals surface area contributed by atoms with Crippen LogP contribution in [0.25, 0.3) is 75.8 Å². The van der Waals surface area contributed by atoms with Crippen LogP contribution in [-0.4, -0.2) is 0 Å². The van der Waals surface area contributed by atoms with Crippen molar-refractivity contribution >= 4 is 31.5 Å². The molecule has 0 amide bonds. The molecule has 1 heteroatoms. The van der Waals surface area contributed by atoms with Crippen LogP contribution in [0.4, 0.5) is 0 Å². The van der Waals surface area contributed by atoms with Crippen LogP contribution in [0, 0.1) is 0 Å². The van der Waals surface area contributed by atoms with E-state index in [1.165, 1.54) is 98.1 Å². The Labute approximate surface area is 301 Å². The van der Waals surface area contributed by atoms with E-state index >= 15 is 0 Å². The monoisotopic (exact) mass is 664 g/mol. The minimum absolute atomic E-state index is 0.465. The Kier molecular flexibility index (Phi) is 6.20. The van der Waals surface area contributed by atoms with E-state index in [0.29, 0.717) is 0 Å². The summed E-state index contributed by atoms with van der Waals surface area (Å²) in [6.45, 7) is 0. The van der Waals surface area contributed by atoms with E-state index in [0.717, 1.165) is 6.42 Å². The van der Waals surface area contributed by atoms with Crippen LogP contribution < -0.4 is 0 Å². The highest BCUT2D eigenvalue weighted by molar-refractivity contribution is 7.26. The van der Waals surface area contributed by atoms with Crippen LogP contribution in [0.2, 0.25) is 0 Å². The molecular formula is C50H32S. The lowest BCUT2D eigenvalue weighted by atomic mass is 9.63. The molecule has 2 aliphatic rings. The van der Waals surface area contributed by atoms with E-state index in [4.69, 9.17) is 0 Å². The molecule has 0 N–H and O–H groups in total. The van der Waals surface area contributed by atoms with E-state index in [2.05, 4.69) is 182 Å². The van der Waals surface area contributed by atoms with Crippen molar-refractivity contribution in [1.29, 1.82) is 0 Å². The van der Waals surface area contributed by atoms with Crippen LogP contribution in [0.15, 0.2) is 182 Å². The number of fused-ring (bicyclic) bond motifs is 16. The number of hydrogen-bond donors (Lipinski definition) is 0. The first-order valence-electron chi connectivity index (χ1n) is 17.8. The zero-order valence-corrected chi connectivity index (χ0v) is 28.8. The predicted molar refractivity (Wildman–Crippen MR) is 217 cm³/mol. The van der Waals surface area contributed by atoms with Gasteiger partial charge in [-0.15, -0.1) is 11.3 Å². The summed E-state index contributed by atoms with van der Waals surface area (Å²) in [6, 6.07) is 68.5. The highest BCUT2D eigenvalue weighted by Crippen LogP contribution is 2.60. The smallest absolute Gasteiger partial charge is 0.0516 e. The highest BCUT2D eigenvalue weighted by Gasteiger charge is 2.48. The molecule has 0 saturated heterocycles. The Hall–Kier alpha value is -6.02. The maximum absolute atomic E-state index is 2.41. The fourth-order valence-electron chi connectivity index (χ4n) is 9.42. The molecule has 51 heavy (non-hydrogen) atoms. The Morgan fingerprint density at radius 1 is 0.333 bits per heavy atom. The lowest BCUT2D eigenvalue weighted by Crippen LogP contribution is -2.32. The molecule has 0 saturated carbocycles. The first-order valence-corrected chi connectivity index (χ1v) is 18.6. The van der Waals surface area contributed by atoms with Gasteiger partial charge in [0.1, 0.15) is 0 Å².